The van der Waals surface area contributed by atoms with Crippen LogP contribution in [0.2, 0.25) is 0 Å². The summed E-state index contributed by atoms with van der Waals surface area (Å²) in [6.45, 7) is 5.69. The highest BCUT2D eigenvalue weighted by molar-refractivity contribution is 7.80. The van der Waals surface area contributed by atoms with Gasteiger partial charge in [-0.05, 0) is 20.8 Å². The van der Waals surface area contributed by atoms with Gasteiger partial charge in [-0.25, -0.2) is 0 Å². The highest BCUT2D eigenvalue weighted by Gasteiger charge is 2.35. The van der Waals surface area contributed by atoms with Gasteiger partial charge in [0.2, 0.25) is 5.91 Å². The molecule has 0 aromatic carbocycles. The number of ether oxygens (including phenoxy) is 2. The molecule has 0 spiro atoms. The van der Waals surface area contributed by atoms with Crippen molar-refractivity contribution < 1.29 is 19.1 Å². The predicted molar refractivity (Wildman–Crippen MR) is 75.7 cm³/mol. The van der Waals surface area contributed by atoms with Crippen LogP contribution in [0.4, 0.5) is 0 Å². The van der Waals surface area contributed by atoms with Crippen LogP contribution in [0.1, 0.15) is 20.8 Å². The number of rotatable bonds is 8. The summed E-state index contributed by atoms with van der Waals surface area (Å²) in [6, 6.07) is 0. The number of amides is 1. The standard InChI is InChI=1S/C12H22N2O4S/c1-5-18-9(15)8-14(6-7-17-4)11(16)12(2,3)10(13)19/h5-8H2,1-4H3,(H2,13,19). The van der Waals surface area contributed by atoms with E-state index >= 15 is 0 Å². The maximum Gasteiger partial charge on any atom is 0.325 e. The molecule has 0 atom stereocenters. The summed E-state index contributed by atoms with van der Waals surface area (Å²) >= 11 is 4.89. The van der Waals surface area contributed by atoms with E-state index < -0.39 is 11.4 Å². The second kappa shape index (κ2) is 8.06. The smallest absolute Gasteiger partial charge is 0.325 e. The van der Waals surface area contributed by atoms with E-state index in [1.54, 1.807) is 20.8 Å². The number of thiocarbonyl (C=S) groups is 1. The van der Waals surface area contributed by atoms with Crippen molar-refractivity contribution >= 4 is 29.1 Å². The zero-order chi connectivity index (χ0) is 15.1. The Labute approximate surface area is 119 Å². The molecule has 6 nitrogen and oxygen atoms in total. The normalized spacial score (nSPS) is 10.9. The minimum atomic E-state index is -1.00. The van der Waals surface area contributed by atoms with Crippen molar-refractivity contribution in [3.8, 4) is 0 Å². The van der Waals surface area contributed by atoms with Gasteiger partial charge in [0, 0.05) is 13.7 Å². The first-order chi connectivity index (χ1) is 8.77. The van der Waals surface area contributed by atoms with E-state index in [4.69, 9.17) is 27.4 Å². The van der Waals surface area contributed by atoms with Crippen molar-refractivity contribution in [2.24, 2.45) is 11.1 Å². The monoisotopic (exact) mass is 290 g/mol. The molecule has 0 bridgehead atoms. The van der Waals surface area contributed by atoms with Gasteiger partial charge in [-0.2, -0.15) is 0 Å². The maximum atomic E-state index is 12.3. The van der Waals surface area contributed by atoms with E-state index in [1.165, 1.54) is 12.0 Å². The summed E-state index contributed by atoms with van der Waals surface area (Å²) in [5, 5.41) is 0. The molecule has 0 unspecified atom stereocenters. The Kier molecular flexibility index (Phi) is 7.55. The lowest BCUT2D eigenvalue weighted by atomic mass is 9.91. The van der Waals surface area contributed by atoms with Crippen LogP contribution in [0.15, 0.2) is 0 Å². The van der Waals surface area contributed by atoms with Gasteiger partial charge in [0.05, 0.1) is 23.6 Å². The van der Waals surface area contributed by atoms with Crippen LogP contribution in [-0.2, 0) is 19.1 Å². The summed E-state index contributed by atoms with van der Waals surface area (Å²) in [7, 11) is 1.52. The van der Waals surface area contributed by atoms with Gasteiger partial charge < -0.3 is 20.1 Å². The van der Waals surface area contributed by atoms with Crippen LogP contribution in [0.3, 0.4) is 0 Å². The summed E-state index contributed by atoms with van der Waals surface area (Å²) in [5.41, 5.74) is 4.56. The fourth-order valence-electron chi connectivity index (χ4n) is 1.32. The molecule has 0 aromatic rings. The SMILES string of the molecule is CCOC(=O)CN(CCOC)C(=O)C(C)(C)C(N)=S. The first-order valence-corrected chi connectivity index (χ1v) is 6.42. The summed E-state index contributed by atoms with van der Waals surface area (Å²) in [5.74, 6) is -0.782. The van der Waals surface area contributed by atoms with Crippen molar-refractivity contribution in [2.75, 3.05) is 33.4 Å². The van der Waals surface area contributed by atoms with Crippen molar-refractivity contribution in [3.05, 3.63) is 0 Å². The molecule has 0 rings (SSSR count). The van der Waals surface area contributed by atoms with E-state index in [2.05, 4.69) is 0 Å². The van der Waals surface area contributed by atoms with Gasteiger partial charge in [0.15, 0.2) is 0 Å². The van der Waals surface area contributed by atoms with Gasteiger partial charge in [-0.1, -0.05) is 12.2 Å². The van der Waals surface area contributed by atoms with Crippen LogP contribution in [0.25, 0.3) is 0 Å². The maximum absolute atomic E-state index is 12.3. The summed E-state index contributed by atoms with van der Waals surface area (Å²) < 4.78 is 9.76. The van der Waals surface area contributed by atoms with Crippen molar-refractivity contribution in [1.29, 1.82) is 0 Å². The lowest BCUT2D eigenvalue weighted by molar-refractivity contribution is -0.151. The molecular weight excluding hydrogens is 268 g/mol. The number of methoxy groups -OCH3 is 1. The third kappa shape index (κ3) is 5.52. The van der Waals surface area contributed by atoms with E-state index in [1.807, 2.05) is 0 Å². The Bertz CT molecular complexity index is 345. The average molecular weight is 290 g/mol. The van der Waals surface area contributed by atoms with E-state index in [9.17, 15) is 9.59 Å². The molecule has 19 heavy (non-hydrogen) atoms. The molecule has 0 fully saturated rings. The van der Waals surface area contributed by atoms with Crippen LogP contribution >= 0.6 is 12.2 Å². The highest BCUT2D eigenvalue weighted by atomic mass is 32.1. The zero-order valence-corrected chi connectivity index (χ0v) is 12.7. The number of hydrogen-bond acceptors (Lipinski definition) is 5. The van der Waals surface area contributed by atoms with Crippen molar-refractivity contribution in [3.63, 3.8) is 0 Å². The van der Waals surface area contributed by atoms with Crippen LogP contribution < -0.4 is 5.73 Å². The molecule has 0 aliphatic carbocycles. The number of carbonyl (C=O) groups excluding carboxylic acids is 2. The molecule has 0 aromatic heterocycles. The predicted octanol–water partition coefficient (Wildman–Crippen LogP) is 0.337. The van der Waals surface area contributed by atoms with Crippen molar-refractivity contribution in [1.82, 2.24) is 4.90 Å². The molecule has 0 aliphatic rings. The molecule has 7 heteroatoms. The largest absolute Gasteiger partial charge is 0.465 e. The van der Waals surface area contributed by atoms with E-state index in [0.717, 1.165) is 0 Å². The third-order valence-corrected chi connectivity index (χ3v) is 3.14. The molecule has 1 amide bonds. The van der Waals surface area contributed by atoms with Gasteiger partial charge in [-0.3, -0.25) is 9.59 Å². The second-order valence-electron chi connectivity index (χ2n) is 4.51. The second-order valence-corrected chi connectivity index (χ2v) is 4.95. The third-order valence-electron chi connectivity index (χ3n) is 2.63. The lowest BCUT2D eigenvalue weighted by Crippen LogP contribution is -2.49. The molecule has 110 valence electrons. The Hall–Kier alpha value is -1.21. The van der Waals surface area contributed by atoms with Gasteiger partial charge in [-0.15, -0.1) is 0 Å². The Morgan fingerprint density at radius 1 is 1.37 bits per heavy atom. The Morgan fingerprint density at radius 3 is 2.37 bits per heavy atom. The average Bonchev–Trinajstić information content (AvgIpc) is 2.33. The van der Waals surface area contributed by atoms with Crippen LogP contribution in [-0.4, -0.2) is 55.2 Å². The molecule has 0 aliphatic heterocycles. The molecule has 0 saturated carbocycles. The van der Waals surface area contributed by atoms with Gasteiger partial charge in [0.1, 0.15) is 6.54 Å². The van der Waals surface area contributed by atoms with E-state index in [0.29, 0.717) is 6.61 Å². The topological polar surface area (TPSA) is 81.9 Å². The fourth-order valence-corrected chi connectivity index (χ4v) is 1.40. The lowest BCUT2D eigenvalue weighted by Gasteiger charge is -2.30. The summed E-state index contributed by atoms with van der Waals surface area (Å²) in [6.07, 6.45) is 0. The first kappa shape index (κ1) is 17.8. The quantitative estimate of drug-likeness (QED) is 0.513. The number of nitrogens with two attached hydrogens (primary N) is 1. The zero-order valence-electron chi connectivity index (χ0n) is 11.9. The molecule has 0 saturated heterocycles. The first-order valence-electron chi connectivity index (χ1n) is 6.01. The minimum absolute atomic E-state index is 0.0868. The van der Waals surface area contributed by atoms with Crippen LogP contribution in [0, 0.1) is 5.41 Å². The van der Waals surface area contributed by atoms with Crippen molar-refractivity contribution in [2.45, 2.75) is 20.8 Å². The highest BCUT2D eigenvalue weighted by Crippen LogP contribution is 2.19. The molecule has 0 radical (unpaired) electrons. The number of esters is 1. The Morgan fingerprint density at radius 2 is 1.95 bits per heavy atom. The number of nitrogens with zero attached hydrogens (tertiary/aromatic N) is 1. The fraction of sp³-hybridized carbons (Fsp3) is 0.750. The Balaban J connectivity index is 4.88. The molecule has 0 heterocycles. The minimum Gasteiger partial charge on any atom is -0.465 e. The molecule has 2 N–H and O–H groups in total. The van der Waals surface area contributed by atoms with Crippen LogP contribution in [0.5, 0.6) is 0 Å². The molecular formula is C12H22N2O4S. The number of hydrogen-bond donors (Lipinski definition) is 1. The van der Waals surface area contributed by atoms with Gasteiger partial charge >= 0.3 is 5.97 Å². The number of carbonyl (C=O) groups is 2. The van der Waals surface area contributed by atoms with Gasteiger partial charge in [0.25, 0.3) is 0 Å². The van der Waals surface area contributed by atoms with E-state index in [-0.39, 0.29) is 30.6 Å². The summed E-state index contributed by atoms with van der Waals surface area (Å²) in [4.78, 5) is 25.3.